The SMILES string of the molecule is COc1ccc(C)cc1C1C2CNCC21. The van der Waals surface area contributed by atoms with Gasteiger partial charge in [0, 0.05) is 0 Å². The number of aryl methyl sites for hydroxylation is 1. The van der Waals surface area contributed by atoms with Crippen LogP contribution in [0.15, 0.2) is 18.2 Å². The van der Waals surface area contributed by atoms with Crippen LogP contribution in [0.1, 0.15) is 17.0 Å². The first-order valence-corrected chi connectivity index (χ1v) is 5.66. The maximum atomic E-state index is 5.45. The number of piperidine rings is 1. The van der Waals surface area contributed by atoms with Crippen molar-refractivity contribution in [3.05, 3.63) is 29.3 Å². The number of hydrogen-bond donors (Lipinski definition) is 1. The lowest BCUT2D eigenvalue weighted by Crippen LogP contribution is -2.14. The molecule has 0 spiro atoms. The maximum absolute atomic E-state index is 5.45. The number of hydrogen-bond acceptors (Lipinski definition) is 2. The van der Waals surface area contributed by atoms with Crippen LogP contribution in [-0.2, 0) is 0 Å². The van der Waals surface area contributed by atoms with Gasteiger partial charge in [-0.25, -0.2) is 0 Å². The normalized spacial score (nSPS) is 32.5. The second-order valence-electron chi connectivity index (χ2n) is 4.76. The Balaban J connectivity index is 1.94. The summed E-state index contributed by atoms with van der Waals surface area (Å²) in [7, 11) is 1.77. The number of benzene rings is 1. The molecule has 2 fully saturated rings. The van der Waals surface area contributed by atoms with E-state index in [1.54, 1.807) is 7.11 Å². The Kier molecular flexibility index (Phi) is 1.99. The molecule has 0 bridgehead atoms. The summed E-state index contributed by atoms with van der Waals surface area (Å²) in [6.07, 6.45) is 0. The van der Waals surface area contributed by atoms with E-state index in [1.807, 2.05) is 0 Å². The zero-order valence-corrected chi connectivity index (χ0v) is 9.29. The van der Waals surface area contributed by atoms with Gasteiger partial charge >= 0.3 is 0 Å². The molecule has 0 aromatic heterocycles. The molecule has 2 aliphatic rings. The third-order valence-corrected chi connectivity index (χ3v) is 3.84. The van der Waals surface area contributed by atoms with Crippen molar-refractivity contribution in [2.45, 2.75) is 12.8 Å². The average Bonchev–Trinajstić information content (AvgIpc) is 2.71. The molecular formula is C13H17NO. The summed E-state index contributed by atoms with van der Waals surface area (Å²) in [5.41, 5.74) is 2.76. The highest BCUT2D eigenvalue weighted by molar-refractivity contribution is 5.44. The highest BCUT2D eigenvalue weighted by Gasteiger charge is 2.54. The lowest BCUT2D eigenvalue weighted by atomic mass is 10.0. The van der Waals surface area contributed by atoms with E-state index >= 15 is 0 Å². The van der Waals surface area contributed by atoms with E-state index in [2.05, 4.69) is 30.4 Å². The molecule has 1 aliphatic carbocycles. The van der Waals surface area contributed by atoms with Gasteiger partial charge in [-0.05, 0) is 49.4 Å². The molecular weight excluding hydrogens is 186 g/mol. The quantitative estimate of drug-likeness (QED) is 0.793. The number of methoxy groups -OCH3 is 1. The van der Waals surface area contributed by atoms with E-state index in [4.69, 9.17) is 4.74 Å². The van der Waals surface area contributed by atoms with Crippen molar-refractivity contribution in [2.24, 2.45) is 11.8 Å². The van der Waals surface area contributed by atoms with Crippen molar-refractivity contribution < 1.29 is 4.74 Å². The van der Waals surface area contributed by atoms with Crippen molar-refractivity contribution in [1.29, 1.82) is 0 Å². The summed E-state index contributed by atoms with van der Waals surface area (Å²) in [6, 6.07) is 6.52. The van der Waals surface area contributed by atoms with Gasteiger partial charge in [0.2, 0.25) is 0 Å². The van der Waals surface area contributed by atoms with Crippen LogP contribution < -0.4 is 10.1 Å². The molecule has 0 radical (unpaired) electrons. The molecule has 0 amide bonds. The molecule has 80 valence electrons. The Hall–Kier alpha value is -1.02. The standard InChI is InChI=1S/C13H17NO/c1-8-3-4-12(15-2)9(5-8)13-10-6-14-7-11(10)13/h3-5,10-11,13-14H,6-7H2,1-2H3. The average molecular weight is 203 g/mol. The summed E-state index contributed by atoms with van der Waals surface area (Å²) in [5, 5.41) is 3.43. The zero-order chi connectivity index (χ0) is 10.4. The van der Waals surface area contributed by atoms with Crippen LogP contribution in [0.3, 0.4) is 0 Å². The van der Waals surface area contributed by atoms with Crippen molar-refractivity contribution in [3.63, 3.8) is 0 Å². The second-order valence-corrected chi connectivity index (χ2v) is 4.76. The minimum Gasteiger partial charge on any atom is -0.496 e. The lowest BCUT2D eigenvalue weighted by molar-refractivity contribution is 0.408. The molecule has 2 heteroatoms. The lowest BCUT2D eigenvalue weighted by Gasteiger charge is -2.11. The molecule has 1 aromatic rings. The fourth-order valence-corrected chi connectivity index (χ4v) is 2.99. The summed E-state index contributed by atoms with van der Waals surface area (Å²) < 4.78 is 5.45. The molecule has 1 saturated heterocycles. The summed E-state index contributed by atoms with van der Waals surface area (Å²) >= 11 is 0. The third kappa shape index (κ3) is 1.36. The van der Waals surface area contributed by atoms with Gasteiger partial charge in [-0.1, -0.05) is 17.7 Å². The molecule has 2 unspecified atom stereocenters. The van der Waals surface area contributed by atoms with Gasteiger partial charge in [0.15, 0.2) is 0 Å². The molecule has 1 aromatic carbocycles. The van der Waals surface area contributed by atoms with Crippen LogP contribution in [0, 0.1) is 18.8 Å². The minimum atomic E-state index is 0.751. The second kappa shape index (κ2) is 3.24. The smallest absolute Gasteiger partial charge is 0.122 e. The molecule has 15 heavy (non-hydrogen) atoms. The highest BCUT2D eigenvalue weighted by Crippen LogP contribution is 2.57. The number of rotatable bonds is 2. The fraction of sp³-hybridized carbons (Fsp3) is 0.538. The van der Waals surface area contributed by atoms with Crippen molar-refractivity contribution in [3.8, 4) is 5.75 Å². The number of ether oxygens (including phenoxy) is 1. The van der Waals surface area contributed by atoms with Gasteiger partial charge in [0.25, 0.3) is 0 Å². The first-order chi connectivity index (χ1) is 7.31. The summed E-state index contributed by atoms with van der Waals surface area (Å²) in [6.45, 7) is 4.53. The predicted octanol–water partition coefficient (Wildman–Crippen LogP) is 1.94. The van der Waals surface area contributed by atoms with Crippen LogP contribution in [0.2, 0.25) is 0 Å². The summed E-state index contributed by atoms with van der Waals surface area (Å²) in [5.74, 6) is 3.54. The third-order valence-electron chi connectivity index (χ3n) is 3.84. The number of nitrogens with one attached hydrogen (secondary N) is 1. The number of fused-ring (bicyclic) bond motifs is 1. The molecule has 2 atom stereocenters. The predicted molar refractivity (Wildman–Crippen MR) is 60.3 cm³/mol. The maximum Gasteiger partial charge on any atom is 0.122 e. The monoisotopic (exact) mass is 203 g/mol. The molecule has 1 saturated carbocycles. The molecule has 2 nitrogen and oxygen atoms in total. The Labute approximate surface area is 90.6 Å². The molecule has 3 rings (SSSR count). The van der Waals surface area contributed by atoms with E-state index < -0.39 is 0 Å². The topological polar surface area (TPSA) is 21.3 Å². The fourth-order valence-electron chi connectivity index (χ4n) is 2.99. The van der Waals surface area contributed by atoms with Crippen LogP contribution in [0.5, 0.6) is 5.75 Å². The van der Waals surface area contributed by atoms with E-state index in [9.17, 15) is 0 Å². The van der Waals surface area contributed by atoms with Crippen molar-refractivity contribution >= 4 is 0 Å². The Morgan fingerprint density at radius 3 is 2.67 bits per heavy atom. The first-order valence-electron chi connectivity index (χ1n) is 5.66. The molecule has 1 heterocycles. The van der Waals surface area contributed by atoms with Crippen molar-refractivity contribution in [2.75, 3.05) is 20.2 Å². The van der Waals surface area contributed by atoms with Gasteiger partial charge < -0.3 is 10.1 Å². The zero-order valence-electron chi connectivity index (χ0n) is 9.29. The van der Waals surface area contributed by atoms with Crippen LogP contribution in [0.25, 0.3) is 0 Å². The van der Waals surface area contributed by atoms with Gasteiger partial charge in [0.05, 0.1) is 7.11 Å². The first kappa shape index (κ1) is 9.22. The van der Waals surface area contributed by atoms with Crippen LogP contribution in [0.4, 0.5) is 0 Å². The Morgan fingerprint density at radius 1 is 1.27 bits per heavy atom. The summed E-state index contributed by atoms with van der Waals surface area (Å²) in [4.78, 5) is 0. The highest BCUT2D eigenvalue weighted by atomic mass is 16.5. The van der Waals surface area contributed by atoms with Crippen LogP contribution in [-0.4, -0.2) is 20.2 Å². The van der Waals surface area contributed by atoms with Crippen molar-refractivity contribution in [1.82, 2.24) is 5.32 Å². The van der Waals surface area contributed by atoms with Gasteiger partial charge in [-0.2, -0.15) is 0 Å². The van der Waals surface area contributed by atoms with Gasteiger partial charge in [-0.15, -0.1) is 0 Å². The Morgan fingerprint density at radius 2 is 2.00 bits per heavy atom. The van der Waals surface area contributed by atoms with Gasteiger partial charge in [-0.3, -0.25) is 0 Å². The van der Waals surface area contributed by atoms with E-state index in [0.29, 0.717) is 0 Å². The Bertz CT molecular complexity index is 378. The van der Waals surface area contributed by atoms with E-state index in [-0.39, 0.29) is 0 Å². The molecule has 1 aliphatic heterocycles. The minimum absolute atomic E-state index is 0.751. The largest absolute Gasteiger partial charge is 0.496 e. The van der Waals surface area contributed by atoms with Crippen LogP contribution >= 0.6 is 0 Å². The van der Waals surface area contributed by atoms with E-state index in [0.717, 1.165) is 23.5 Å². The van der Waals surface area contributed by atoms with E-state index in [1.165, 1.54) is 24.2 Å². The van der Waals surface area contributed by atoms with Gasteiger partial charge in [0.1, 0.15) is 5.75 Å². The molecule has 1 N–H and O–H groups in total.